The third kappa shape index (κ3) is 3.80. The van der Waals surface area contributed by atoms with Crippen molar-refractivity contribution in [2.45, 2.75) is 24.5 Å². The van der Waals surface area contributed by atoms with Gasteiger partial charge in [-0.3, -0.25) is 28.9 Å². The normalized spacial score (nSPS) is 29.7. The number of carbonyl (C=O) groups is 5. The summed E-state index contributed by atoms with van der Waals surface area (Å²) in [5.74, 6) is -6.15. The molecule has 5 rings (SSSR count). The average molecular weight is 533 g/mol. The second kappa shape index (κ2) is 9.22. The molecule has 3 aliphatic carbocycles. The van der Waals surface area contributed by atoms with Crippen LogP contribution in [0.5, 0.6) is 5.75 Å². The molecule has 6 unspecified atom stereocenters. The van der Waals surface area contributed by atoms with E-state index in [0.717, 1.165) is 0 Å². The molecule has 0 bridgehead atoms. The number of carbonyl (C=O) groups excluding carboxylic acids is 5. The number of hydrogen-bond acceptors (Lipinski definition) is 8. The first kappa shape index (κ1) is 26.4. The first-order valence-electron chi connectivity index (χ1n) is 12.4. The van der Waals surface area contributed by atoms with Crippen LogP contribution in [0.25, 0.3) is 0 Å². The molecule has 1 amide bonds. The van der Waals surface area contributed by atoms with Crippen LogP contribution in [0.1, 0.15) is 33.5 Å². The predicted octanol–water partition coefficient (Wildman–Crippen LogP) is 0.406. The number of benzene rings is 2. The van der Waals surface area contributed by atoms with Gasteiger partial charge in [-0.05, 0) is 62.7 Å². The van der Waals surface area contributed by atoms with Gasteiger partial charge in [-0.2, -0.15) is 0 Å². The van der Waals surface area contributed by atoms with Gasteiger partial charge in [0, 0.05) is 11.5 Å². The number of aromatic hydroxyl groups is 1. The van der Waals surface area contributed by atoms with Crippen molar-refractivity contribution in [1.82, 2.24) is 4.90 Å². The number of Topliss-reactive ketones (excluding diaryl/α,β-unsaturated/α-hetero) is 4. The minimum Gasteiger partial charge on any atom is -0.507 e. The number of primary amides is 1. The van der Waals surface area contributed by atoms with Crippen LogP contribution in [-0.4, -0.2) is 69.9 Å². The molecule has 39 heavy (non-hydrogen) atoms. The standard InChI is InChI=1S/C29H25FN2O7/c1-32(2)23-17-12-15-11-16-13(7-8-14-5-3-4-6-18(14)30)9-10-19(33)21(16)24(34)20(15)26(36)29(17,39)27(37)22(25(23)35)28(31)38/h3-6,9-10,15,17,20,22-23,33,39H,11-12H2,1-2H3,(H2,31,38). The minimum atomic E-state index is -2.78. The van der Waals surface area contributed by atoms with Crippen LogP contribution in [0.2, 0.25) is 0 Å². The van der Waals surface area contributed by atoms with Crippen molar-refractivity contribution in [2.75, 3.05) is 14.1 Å². The van der Waals surface area contributed by atoms with Crippen molar-refractivity contribution in [3.8, 4) is 17.6 Å². The summed E-state index contributed by atoms with van der Waals surface area (Å²) in [6.45, 7) is 0. The van der Waals surface area contributed by atoms with Crippen LogP contribution in [0, 0.1) is 41.3 Å². The number of fused-ring (bicyclic) bond motifs is 3. The van der Waals surface area contributed by atoms with Crippen molar-refractivity contribution in [3.63, 3.8) is 0 Å². The molecule has 9 nitrogen and oxygen atoms in total. The van der Waals surface area contributed by atoms with Crippen LogP contribution in [-0.2, 0) is 25.6 Å². The van der Waals surface area contributed by atoms with Crippen molar-refractivity contribution in [1.29, 1.82) is 0 Å². The third-order valence-corrected chi connectivity index (χ3v) is 8.15. The Morgan fingerprint density at radius 2 is 1.72 bits per heavy atom. The first-order valence-corrected chi connectivity index (χ1v) is 12.4. The minimum absolute atomic E-state index is 0.0697. The maximum absolute atomic E-state index is 14.1. The lowest BCUT2D eigenvalue weighted by Gasteiger charge is -2.52. The first-order chi connectivity index (χ1) is 18.4. The highest BCUT2D eigenvalue weighted by molar-refractivity contribution is 6.32. The van der Waals surface area contributed by atoms with E-state index in [1.165, 1.54) is 49.3 Å². The fourth-order valence-corrected chi connectivity index (χ4v) is 6.42. The molecular formula is C29H25FN2O7. The molecule has 0 heterocycles. The number of aliphatic hydroxyl groups is 1. The van der Waals surface area contributed by atoms with Gasteiger partial charge >= 0.3 is 0 Å². The number of nitrogens with two attached hydrogens (primary N) is 1. The summed E-state index contributed by atoms with van der Waals surface area (Å²) in [6.07, 6.45) is 0.00125. The Morgan fingerprint density at radius 3 is 2.36 bits per heavy atom. The molecule has 0 saturated heterocycles. The molecule has 0 aliphatic heterocycles. The van der Waals surface area contributed by atoms with E-state index in [1.54, 1.807) is 6.07 Å². The van der Waals surface area contributed by atoms with Crippen LogP contribution in [0.4, 0.5) is 4.39 Å². The summed E-state index contributed by atoms with van der Waals surface area (Å²) in [6, 6.07) is 7.45. The van der Waals surface area contributed by atoms with Crippen molar-refractivity contribution >= 4 is 29.0 Å². The predicted molar refractivity (Wildman–Crippen MR) is 134 cm³/mol. The molecule has 0 aromatic heterocycles. The van der Waals surface area contributed by atoms with Gasteiger partial charge in [0.25, 0.3) is 0 Å². The molecule has 0 spiro atoms. The Labute approximate surface area is 222 Å². The van der Waals surface area contributed by atoms with Crippen molar-refractivity contribution in [3.05, 3.63) is 64.5 Å². The zero-order valence-corrected chi connectivity index (χ0v) is 21.1. The van der Waals surface area contributed by atoms with Crippen LogP contribution in [0.15, 0.2) is 36.4 Å². The number of phenols is 1. The fourth-order valence-electron chi connectivity index (χ4n) is 6.42. The van der Waals surface area contributed by atoms with Crippen LogP contribution < -0.4 is 5.73 Å². The summed E-state index contributed by atoms with van der Waals surface area (Å²) in [5, 5.41) is 22.2. The second-order valence-corrected chi connectivity index (χ2v) is 10.5. The number of ketones is 4. The van der Waals surface area contributed by atoms with E-state index in [1.807, 2.05) is 0 Å². The molecule has 200 valence electrons. The largest absolute Gasteiger partial charge is 0.507 e. The maximum atomic E-state index is 14.1. The van der Waals surface area contributed by atoms with E-state index in [0.29, 0.717) is 11.1 Å². The molecular weight excluding hydrogens is 507 g/mol. The highest BCUT2D eigenvalue weighted by Gasteiger charge is 2.69. The summed E-state index contributed by atoms with van der Waals surface area (Å²) in [4.78, 5) is 67.4. The molecule has 3 aliphatic rings. The lowest BCUT2D eigenvalue weighted by molar-refractivity contribution is -0.181. The topological polar surface area (TPSA) is 155 Å². The number of hydrogen-bond donors (Lipinski definition) is 3. The molecule has 2 fully saturated rings. The number of phenolic OH excluding ortho intramolecular Hbond substituents is 1. The number of likely N-dealkylation sites (N-methyl/N-ethyl adjacent to an activating group) is 1. The SMILES string of the molecule is CN(C)C1C(=O)C(C(N)=O)C(=O)C2(O)C(=O)C3C(=O)c4c(O)ccc(C#Cc5ccccc5F)c4CC3CC12. The summed E-state index contributed by atoms with van der Waals surface area (Å²) in [7, 11) is 3.03. The van der Waals surface area contributed by atoms with Gasteiger partial charge in [-0.15, -0.1) is 0 Å². The monoisotopic (exact) mass is 532 g/mol. The Hall–Kier alpha value is -4.20. The molecule has 2 aromatic carbocycles. The van der Waals surface area contributed by atoms with E-state index in [9.17, 15) is 38.6 Å². The van der Waals surface area contributed by atoms with E-state index < -0.39 is 75.9 Å². The van der Waals surface area contributed by atoms with E-state index in [2.05, 4.69) is 11.8 Å². The molecule has 2 saturated carbocycles. The van der Waals surface area contributed by atoms with Crippen molar-refractivity contribution < 1.29 is 38.6 Å². The smallest absolute Gasteiger partial charge is 0.235 e. The van der Waals surface area contributed by atoms with Gasteiger partial charge in [0.05, 0.1) is 23.1 Å². The Bertz CT molecular complexity index is 1540. The quantitative estimate of drug-likeness (QED) is 0.371. The Morgan fingerprint density at radius 1 is 1.05 bits per heavy atom. The lowest BCUT2D eigenvalue weighted by atomic mass is 9.52. The summed E-state index contributed by atoms with van der Waals surface area (Å²) in [5.41, 5.74) is 3.21. The number of rotatable bonds is 2. The fraction of sp³-hybridized carbons (Fsp3) is 0.345. The molecule has 4 N–H and O–H groups in total. The second-order valence-electron chi connectivity index (χ2n) is 10.5. The van der Waals surface area contributed by atoms with Crippen molar-refractivity contribution in [2.24, 2.45) is 29.4 Å². The number of nitrogens with zero attached hydrogens (tertiary/aromatic N) is 1. The molecule has 6 atom stereocenters. The maximum Gasteiger partial charge on any atom is 0.235 e. The van der Waals surface area contributed by atoms with Gasteiger partial charge in [0.15, 0.2) is 34.7 Å². The highest BCUT2D eigenvalue weighted by atomic mass is 19.1. The van der Waals surface area contributed by atoms with Gasteiger partial charge in [0.2, 0.25) is 5.91 Å². The van der Waals surface area contributed by atoms with Crippen LogP contribution >= 0.6 is 0 Å². The summed E-state index contributed by atoms with van der Waals surface area (Å²) >= 11 is 0. The number of amides is 1. The van der Waals surface area contributed by atoms with E-state index in [-0.39, 0.29) is 24.0 Å². The zero-order chi connectivity index (χ0) is 28.4. The molecule has 2 aromatic rings. The van der Waals surface area contributed by atoms with Crippen LogP contribution in [0.3, 0.4) is 0 Å². The Kier molecular flexibility index (Phi) is 6.24. The van der Waals surface area contributed by atoms with Gasteiger partial charge < -0.3 is 15.9 Å². The lowest BCUT2D eigenvalue weighted by Crippen LogP contribution is -2.74. The van der Waals surface area contributed by atoms with E-state index in [4.69, 9.17) is 5.73 Å². The third-order valence-electron chi connectivity index (χ3n) is 8.15. The van der Waals surface area contributed by atoms with E-state index >= 15 is 0 Å². The molecule has 10 heteroatoms. The van der Waals surface area contributed by atoms with Gasteiger partial charge in [-0.25, -0.2) is 4.39 Å². The summed E-state index contributed by atoms with van der Waals surface area (Å²) < 4.78 is 14.1. The highest BCUT2D eigenvalue weighted by Crippen LogP contribution is 2.50. The van der Waals surface area contributed by atoms with Gasteiger partial charge in [0.1, 0.15) is 11.6 Å². The number of halogens is 1. The van der Waals surface area contributed by atoms with Gasteiger partial charge in [-0.1, -0.05) is 24.0 Å². The average Bonchev–Trinajstić information content (AvgIpc) is 2.86. The Balaban J connectivity index is 1.62. The zero-order valence-electron chi connectivity index (χ0n) is 21.1. The molecule has 0 radical (unpaired) electrons.